The average Bonchev–Trinajstić information content (AvgIpc) is 3.28. The van der Waals surface area contributed by atoms with Crippen molar-refractivity contribution in [2.45, 2.75) is 30.8 Å². The zero-order valence-electron chi connectivity index (χ0n) is 20.0. The Bertz CT molecular complexity index is 1820. The van der Waals surface area contributed by atoms with Crippen LogP contribution in [0.2, 0.25) is 0 Å². The molecule has 0 radical (unpaired) electrons. The minimum atomic E-state index is -1.22. The summed E-state index contributed by atoms with van der Waals surface area (Å²) in [6.45, 7) is 0.786. The molecule has 1 unspecified atom stereocenters. The van der Waals surface area contributed by atoms with Gasteiger partial charge >= 0.3 is 5.69 Å². The van der Waals surface area contributed by atoms with Gasteiger partial charge in [0, 0.05) is 43.2 Å². The second-order valence-corrected chi connectivity index (χ2v) is 11.7. The van der Waals surface area contributed by atoms with Crippen molar-refractivity contribution in [3.8, 4) is 11.4 Å². The molecule has 1 atom stereocenters. The van der Waals surface area contributed by atoms with Gasteiger partial charge in [0.1, 0.15) is 16.9 Å². The molecule has 0 aliphatic heterocycles. The fourth-order valence-corrected chi connectivity index (χ4v) is 6.24. The van der Waals surface area contributed by atoms with Gasteiger partial charge in [-0.15, -0.1) is 11.3 Å². The zero-order chi connectivity index (χ0) is 25.3. The highest BCUT2D eigenvalue weighted by Gasteiger charge is 2.28. The number of fused-ring (bicyclic) bond motifs is 2. The first-order valence-corrected chi connectivity index (χ1v) is 14.0. The van der Waals surface area contributed by atoms with Crippen LogP contribution in [-0.4, -0.2) is 33.9 Å². The lowest BCUT2D eigenvalue weighted by molar-refractivity contribution is 0.572. The second kappa shape index (κ2) is 8.38. The van der Waals surface area contributed by atoms with Crippen LogP contribution in [0.25, 0.3) is 32.5 Å². The summed E-state index contributed by atoms with van der Waals surface area (Å²) < 4.78 is 33.5. The normalized spacial score (nSPS) is 14.8. The molecular formula is C25H24FN5O3S2. The molecule has 5 aromatic rings. The van der Waals surface area contributed by atoms with E-state index >= 15 is 0 Å². The standard InChI is InChI=1S/C25H24FN5O3S2/c1-28-12-17(36(3)34)9-19(28)22-21-23(30(10-14-4-5-14)25(33)29(2)24(21)32)27-31(22)11-15-13-35-20-7-6-16(26)8-18(15)20/h6-9,12-14H,4-5,10-11H2,1-3H3. The highest BCUT2D eigenvalue weighted by molar-refractivity contribution is 7.84. The van der Waals surface area contributed by atoms with E-state index in [0.29, 0.717) is 39.8 Å². The molecule has 11 heteroatoms. The number of aromatic nitrogens is 5. The predicted molar refractivity (Wildman–Crippen MR) is 140 cm³/mol. The number of halogens is 1. The first-order chi connectivity index (χ1) is 17.2. The molecule has 4 heterocycles. The molecule has 36 heavy (non-hydrogen) atoms. The highest BCUT2D eigenvalue weighted by Crippen LogP contribution is 2.34. The van der Waals surface area contributed by atoms with E-state index in [-0.39, 0.29) is 18.1 Å². The molecule has 1 saturated carbocycles. The van der Waals surface area contributed by atoms with Crippen molar-refractivity contribution >= 4 is 43.3 Å². The fourth-order valence-electron chi connectivity index (χ4n) is 4.72. The summed E-state index contributed by atoms with van der Waals surface area (Å²) in [5.74, 6) is 0.0718. The maximum atomic E-state index is 14.1. The smallest absolute Gasteiger partial charge is 0.332 e. The molecule has 0 saturated heterocycles. The van der Waals surface area contributed by atoms with Crippen LogP contribution in [0, 0.1) is 11.7 Å². The lowest BCUT2D eigenvalue weighted by Gasteiger charge is -2.09. The first-order valence-electron chi connectivity index (χ1n) is 11.6. The first kappa shape index (κ1) is 23.1. The lowest BCUT2D eigenvalue weighted by atomic mass is 10.1. The van der Waals surface area contributed by atoms with E-state index in [1.54, 1.807) is 33.8 Å². The molecule has 6 rings (SSSR count). The maximum Gasteiger partial charge on any atom is 0.332 e. The van der Waals surface area contributed by atoms with Crippen LogP contribution in [0.1, 0.15) is 18.4 Å². The average molecular weight is 526 g/mol. The van der Waals surface area contributed by atoms with Crippen molar-refractivity contribution in [2.75, 3.05) is 6.26 Å². The Kier molecular flexibility index (Phi) is 5.38. The highest BCUT2D eigenvalue weighted by atomic mass is 32.2. The largest absolute Gasteiger partial charge is 0.348 e. The van der Waals surface area contributed by atoms with Crippen LogP contribution in [-0.2, 0) is 38.0 Å². The Morgan fingerprint density at radius 3 is 2.67 bits per heavy atom. The minimum Gasteiger partial charge on any atom is -0.348 e. The Hall–Kier alpha value is -3.31. The van der Waals surface area contributed by atoms with Gasteiger partial charge in [0.15, 0.2) is 5.65 Å². The number of thiophene rings is 1. The third-order valence-corrected chi connectivity index (χ3v) is 8.75. The molecule has 0 spiro atoms. The van der Waals surface area contributed by atoms with Gasteiger partial charge in [-0.3, -0.25) is 22.8 Å². The zero-order valence-corrected chi connectivity index (χ0v) is 21.7. The molecular weight excluding hydrogens is 501 g/mol. The van der Waals surface area contributed by atoms with E-state index in [0.717, 1.165) is 33.1 Å². The fraction of sp³-hybridized carbons (Fsp3) is 0.320. The molecule has 0 bridgehead atoms. The minimum absolute atomic E-state index is 0.282. The van der Waals surface area contributed by atoms with Gasteiger partial charge in [-0.25, -0.2) is 9.18 Å². The van der Waals surface area contributed by atoms with E-state index in [9.17, 15) is 18.2 Å². The summed E-state index contributed by atoms with van der Waals surface area (Å²) in [4.78, 5) is 27.2. The van der Waals surface area contributed by atoms with Gasteiger partial charge in [0.05, 0.1) is 27.9 Å². The summed E-state index contributed by atoms with van der Waals surface area (Å²) >= 11 is 1.52. The summed E-state index contributed by atoms with van der Waals surface area (Å²) in [7, 11) is 2.10. The van der Waals surface area contributed by atoms with Crippen LogP contribution in [0.5, 0.6) is 0 Å². The van der Waals surface area contributed by atoms with Crippen molar-refractivity contribution in [2.24, 2.45) is 20.0 Å². The van der Waals surface area contributed by atoms with Gasteiger partial charge < -0.3 is 4.57 Å². The second-order valence-electron chi connectivity index (χ2n) is 9.43. The van der Waals surface area contributed by atoms with Crippen LogP contribution >= 0.6 is 11.3 Å². The van der Waals surface area contributed by atoms with Crippen molar-refractivity contribution in [3.63, 3.8) is 0 Å². The molecule has 1 aliphatic carbocycles. The number of aryl methyl sites for hydroxylation is 1. The van der Waals surface area contributed by atoms with Crippen LogP contribution in [0.3, 0.4) is 0 Å². The predicted octanol–water partition coefficient (Wildman–Crippen LogP) is 3.45. The maximum absolute atomic E-state index is 14.1. The topological polar surface area (TPSA) is 83.8 Å². The monoisotopic (exact) mass is 525 g/mol. The van der Waals surface area contributed by atoms with E-state index in [1.165, 1.54) is 30.5 Å². The van der Waals surface area contributed by atoms with Crippen molar-refractivity contribution in [3.05, 3.63) is 68.1 Å². The van der Waals surface area contributed by atoms with Crippen LogP contribution in [0.4, 0.5) is 4.39 Å². The van der Waals surface area contributed by atoms with Crippen molar-refractivity contribution in [1.82, 2.24) is 23.5 Å². The Morgan fingerprint density at radius 2 is 1.97 bits per heavy atom. The van der Waals surface area contributed by atoms with Gasteiger partial charge in [0.2, 0.25) is 0 Å². The molecule has 8 nitrogen and oxygen atoms in total. The third-order valence-electron chi connectivity index (χ3n) is 6.85. The van der Waals surface area contributed by atoms with E-state index < -0.39 is 16.4 Å². The summed E-state index contributed by atoms with van der Waals surface area (Å²) in [5, 5.41) is 7.92. The van der Waals surface area contributed by atoms with E-state index in [1.807, 2.05) is 17.0 Å². The quantitative estimate of drug-likeness (QED) is 0.340. The molecule has 1 aliphatic rings. The molecule has 1 fully saturated rings. The molecule has 0 amide bonds. The Balaban J connectivity index is 1.66. The van der Waals surface area contributed by atoms with Gasteiger partial charge in [-0.1, -0.05) is 0 Å². The van der Waals surface area contributed by atoms with Crippen molar-refractivity contribution in [1.29, 1.82) is 0 Å². The molecule has 1 aromatic carbocycles. The van der Waals surface area contributed by atoms with Gasteiger partial charge in [-0.05, 0) is 54.0 Å². The van der Waals surface area contributed by atoms with Gasteiger partial charge in [-0.2, -0.15) is 5.10 Å². The number of nitrogens with zero attached hydrogens (tertiary/aromatic N) is 5. The SMILES string of the molecule is Cn1cc(S(C)=O)cc1-c1c2c(=O)n(C)c(=O)n(CC3CC3)c2nn1Cc1csc2ccc(F)cc12. The number of hydrogen-bond acceptors (Lipinski definition) is 5. The van der Waals surface area contributed by atoms with E-state index in [4.69, 9.17) is 5.10 Å². The third kappa shape index (κ3) is 3.68. The van der Waals surface area contributed by atoms with Crippen molar-refractivity contribution < 1.29 is 8.60 Å². The Labute approximate surface area is 211 Å². The summed E-state index contributed by atoms with van der Waals surface area (Å²) in [5.41, 5.74) is 1.61. The van der Waals surface area contributed by atoms with E-state index in [2.05, 4.69) is 0 Å². The number of hydrogen-bond donors (Lipinski definition) is 0. The molecule has 186 valence electrons. The van der Waals surface area contributed by atoms with Gasteiger partial charge in [0.25, 0.3) is 5.56 Å². The van der Waals surface area contributed by atoms with Crippen LogP contribution in [0.15, 0.2) is 50.3 Å². The molecule has 4 aromatic heterocycles. The number of rotatable bonds is 6. The van der Waals surface area contributed by atoms with Crippen LogP contribution < -0.4 is 11.2 Å². The summed E-state index contributed by atoms with van der Waals surface area (Å²) in [6, 6.07) is 6.49. The molecule has 0 N–H and O–H groups in total. The summed E-state index contributed by atoms with van der Waals surface area (Å²) in [6.07, 6.45) is 5.46. The number of benzene rings is 1. The lowest BCUT2D eigenvalue weighted by Crippen LogP contribution is -2.38. The Morgan fingerprint density at radius 1 is 1.19 bits per heavy atom.